The molecule has 0 radical (unpaired) electrons. The van der Waals surface area contributed by atoms with Crippen LogP contribution < -0.4 is 0 Å². The van der Waals surface area contributed by atoms with Crippen molar-refractivity contribution in [2.75, 3.05) is 13.1 Å². The number of H-pyrrole nitrogens is 1. The molecule has 1 aromatic heterocycles. The lowest BCUT2D eigenvalue weighted by atomic mass is 9.63. The Bertz CT molecular complexity index is 707. The lowest BCUT2D eigenvalue weighted by molar-refractivity contribution is -0.142. The minimum absolute atomic E-state index is 0.285. The fraction of sp³-hybridized carbons (Fsp3) is 0.474. The zero-order valence-electron chi connectivity index (χ0n) is 13.7. The zero-order chi connectivity index (χ0) is 16.6. The fourth-order valence-corrected chi connectivity index (χ4v) is 4.24. The molecule has 1 aliphatic heterocycles. The summed E-state index contributed by atoms with van der Waals surface area (Å²) in [6.45, 7) is 1.62. The molecular formula is C19H22ClN3O. The third-order valence-electron chi connectivity index (χ3n) is 5.63. The molecule has 1 amide bonds. The number of halogens is 1. The molecule has 2 aliphatic rings. The van der Waals surface area contributed by atoms with E-state index in [2.05, 4.69) is 14.9 Å². The van der Waals surface area contributed by atoms with Gasteiger partial charge in [0.15, 0.2) is 0 Å². The average molecular weight is 344 g/mol. The molecule has 1 atom stereocenters. The second kappa shape index (κ2) is 6.25. The number of nitrogens with one attached hydrogen (secondary N) is 1. The van der Waals surface area contributed by atoms with Gasteiger partial charge in [0.2, 0.25) is 5.91 Å². The first-order valence-electron chi connectivity index (χ1n) is 8.74. The van der Waals surface area contributed by atoms with Crippen LogP contribution in [0.5, 0.6) is 0 Å². The molecule has 2 fully saturated rings. The smallest absolute Gasteiger partial charge is 0.233 e. The van der Waals surface area contributed by atoms with Crippen molar-refractivity contribution < 1.29 is 4.79 Å². The van der Waals surface area contributed by atoms with Crippen molar-refractivity contribution in [3.8, 4) is 0 Å². The van der Waals surface area contributed by atoms with Crippen molar-refractivity contribution in [2.45, 2.75) is 43.4 Å². The van der Waals surface area contributed by atoms with Crippen molar-refractivity contribution in [2.24, 2.45) is 0 Å². The number of carbonyl (C=O) groups is 1. The van der Waals surface area contributed by atoms with Crippen LogP contribution in [0, 0.1) is 0 Å². The maximum atomic E-state index is 13.4. The van der Waals surface area contributed by atoms with Gasteiger partial charge in [-0.25, -0.2) is 4.98 Å². The largest absolute Gasteiger partial charge is 0.348 e. The summed E-state index contributed by atoms with van der Waals surface area (Å²) in [5.74, 6) is 1.61. The van der Waals surface area contributed by atoms with E-state index in [4.69, 9.17) is 11.6 Å². The molecule has 1 aliphatic carbocycles. The highest BCUT2D eigenvalue weighted by Crippen LogP contribution is 2.46. The van der Waals surface area contributed by atoms with Crippen molar-refractivity contribution in [1.29, 1.82) is 0 Å². The van der Waals surface area contributed by atoms with Crippen LogP contribution in [0.3, 0.4) is 0 Å². The topological polar surface area (TPSA) is 49.0 Å². The summed E-state index contributed by atoms with van der Waals surface area (Å²) < 4.78 is 0. The van der Waals surface area contributed by atoms with Crippen molar-refractivity contribution in [3.63, 3.8) is 0 Å². The second-order valence-corrected chi connectivity index (χ2v) is 7.44. The summed E-state index contributed by atoms with van der Waals surface area (Å²) >= 11 is 6.02. The molecule has 1 saturated carbocycles. The van der Waals surface area contributed by atoms with E-state index in [9.17, 15) is 4.79 Å². The van der Waals surface area contributed by atoms with E-state index in [1.807, 2.05) is 30.5 Å². The number of rotatable bonds is 3. The Labute approximate surface area is 147 Å². The molecule has 4 rings (SSSR count). The SMILES string of the molecule is O=C(N1CCCC(c2ncc[nH]2)C1)C1(c2ccc(Cl)cc2)CCC1. The predicted molar refractivity (Wildman–Crippen MR) is 94.1 cm³/mol. The first kappa shape index (κ1) is 15.7. The number of aromatic nitrogens is 2. The van der Waals surface area contributed by atoms with Crippen molar-refractivity contribution >= 4 is 17.5 Å². The van der Waals surface area contributed by atoms with Gasteiger partial charge in [-0.05, 0) is 43.4 Å². The molecular weight excluding hydrogens is 322 g/mol. The van der Waals surface area contributed by atoms with Gasteiger partial charge in [0, 0.05) is 36.4 Å². The Balaban J connectivity index is 1.56. The third kappa shape index (κ3) is 2.63. The Morgan fingerprint density at radius 1 is 1.25 bits per heavy atom. The Morgan fingerprint density at radius 2 is 2.04 bits per heavy atom. The molecule has 1 saturated heterocycles. The van der Waals surface area contributed by atoms with E-state index in [1.165, 1.54) is 0 Å². The number of likely N-dealkylation sites (tertiary alicyclic amines) is 1. The van der Waals surface area contributed by atoms with Crippen LogP contribution in [0.2, 0.25) is 5.02 Å². The van der Waals surface area contributed by atoms with Crippen LogP contribution in [0.15, 0.2) is 36.7 Å². The lowest BCUT2D eigenvalue weighted by Gasteiger charge is -2.45. The van der Waals surface area contributed by atoms with E-state index in [1.54, 1.807) is 6.20 Å². The molecule has 126 valence electrons. The highest BCUT2D eigenvalue weighted by atomic mass is 35.5. The highest BCUT2D eigenvalue weighted by Gasteiger charge is 2.48. The minimum atomic E-state index is -0.338. The van der Waals surface area contributed by atoms with Gasteiger partial charge in [-0.2, -0.15) is 0 Å². The normalized spacial score (nSPS) is 22.9. The van der Waals surface area contributed by atoms with Gasteiger partial charge < -0.3 is 9.88 Å². The minimum Gasteiger partial charge on any atom is -0.348 e. The fourth-order valence-electron chi connectivity index (χ4n) is 4.11. The van der Waals surface area contributed by atoms with E-state index in [0.717, 1.165) is 61.6 Å². The summed E-state index contributed by atoms with van der Waals surface area (Å²) in [6.07, 6.45) is 8.77. The summed E-state index contributed by atoms with van der Waals surface area (Å²) in [7, 11) is 0. The van der Waals surface area contributed by atoms with Gasteiger partial charge in [-0.15, -0.1) is 0 Å². The van der Waals surface area contributed by atoms with Gasteiger partial charge >= 0.3 is 0 Å². The number of nitrogens with zero attached hydrogens (tertiary/aromatic N) is 2. The van der Waals surface area contributed by atoms with Crippen molar-refractivity contribution in [1.82, 2.24) is 14.9 Å². The molecule has 0 bridgehead atoms. The van der Waals surface area contributed by atoms with Gasteiger partial charge in [-0.3, -0.25) is 4.79 Å². The van der Waals surface area contributed by atoms with Crippen LogP contribution in [-0.2, 0) is 10.2 Å². The molecule has 5 heteroatoms. The van der Waals surface area contributed by atoms with E-state index in [-0.39, 0.29) is 11.3 Å². The van der Waals surface area contributed by atoms with Gasteiger partial charge in [0.05, 0.1) is 5.41 Å². The first-order valence-corrected chi connectivity index (χ1v) is 9.11. The summed E-state index contributed by atoms with van der Waals surface area (Å²) in [5, 5.41) is 0.719. The van der Waals surface area contributed by atoms with E-state index < -0.39 is 0 Å². The molecule has 2 heterocycles. The number of hydrogen-bond acceptors (Lipinski definition) is 2. The van der Waals surface area contributed by atoms with Gasteiger partial charge in [0.1, 0.15) is 5.82 Å². The number of carbonyl (C=O) groups excluding carboxylic acids is 1. The molecule has 1 aromatic carbocycles. The van der Waals surface area contributed by atoms with Crippen molar-refractivity contribution in [3.05, 3.63) is 53.1 Å². The van der Waals surface area contributed by atoms with E-state index >= 15 is 0 Å². The summed E-state index contributed by atoms with van der Waals surface area (Å²) in [4.78, 5) is 23.0. The summed E-state index contributed by atoms with van der Waals surface area (Å²) in [5.41, 5.74) is 0.776. The molecule has 1 unspecified atom stereocenters. The number of aromatic amines is 1. The summed E-state index contributed by atoms with van der Waals surface area (Å²) in [6, 6.07) is 7.83. The van der Waals surface area contributed by atoms with Crippen LogP contribution in [0.4, 0.5) is 0 Å². The number of hydrogen-bond donors (Lipinski definition) is 1. The number of imidazole rings is 1. The standard InChI is InChI=1S/C19H22ClN3O/c20-16-6-4-15(5-7-16)19(8-2-9-19)18(24)23-12-1-3-14(13-23)17-21-10-11-22-17/h4-7,10-11,14H,1-3,8-9,12-13H2,(H,21,22). The monoisotopic (exact) mass is 343 g/mol. The average Bonchev–Trinajstić information content (AvgIpc) is 3.10. The second-order valence-electron chi connectivity index (χ2n) is 7.01. The Hall–Kier alpha value is -1.81. The highest BCUT2D eigenvalue weighted by molar-refractivity contribution is 6.30. The first-order chi connectivity index (χ1) is 11.7. The molecule has 1 N–H and O–H groups in total. The van der Waals surface area contributed by atoms with E-state index in [0.29, 0.717) is 5.92 Å². The maximum absolute atomic E-state index is 13.4. The van der Waals surface area contributed by atoms with Gasteiger partial charge in [0.25, 0.3) is 0 Å². The number of piperidine rings is 1. The Morgan fingerprint density at radius 3 is 2.67 bits per heavy atom. The van der Waals surface area contributed by atoms with Crippen LogP contribution in [0.1, 0.15) is 49.4 Å². The third-order valence-corrected chi connectivity index (χ3v) is 5.88. The number of benzene rings is 1. The zero-order valence-corrected chi connectivity index (χ0v) is 14.4. The number of amides is 1. The van der Waals surface area contributed by atoms with Crippen LogP contribution in [0.25, 0.3) is 0 Å². The van der Waals surface area contributed by atoms with Crippen LogP contribution in [-0.4, -0.2) is 33.9 Å². The molecule has 4 nitrogen and oxygen atoms in total. The lowest BCUT2D eigenvalue weighted by Crippen LogP contribution is -2.53. The molecule has 0 spiro atoms. The molecule has 2 aromatic rings. The van der Waals surface area contributed by atoms with Crippen LogP contribution >= 0.6 is 11.6 Å². The Kier molecular flexibility index (Phi) is 4.09. The quantitative estimate of drug-likeness (QED) is 0.919. The predicted octanol–water partition coefficient (Wildman–Crippen LogP) is 3.89. The maximum Gasteiger partial charge on any atom is 0.233 e. The molecule has 24 heavy (non-hydrogen) atoms. The van der Waals surface area contributed by atoms with Gasteiger partial charge in [-0.1, -0.05) is 30.2 Å².